The Morgan fingerprint density at radius 2 is 1.82 bits per heavy atom. The maximum atomic E-state index is 12.1. The fourth-order valence-corrected chi connectivity index (χ4v) is 2.96. The number of para-hydroxylation sites is 1. The Kier molecular flexibility index (Phi) is 6.49. The molecule has 0 aromatic heterocycles. The molecular weight excluding hydrogens is 294 g/mol. The topological polar surface area (TPSA) is 49.3 Å². The van der Waals surface area contributed by atoms with E-state index in [1.165, 1.54) is 5.56 Å². The molecule has 0 bridgehead atoms. The van der Waals surface area contributed by atoms with Gasteiger partial charge in [-0.1, -0.05) is 37.3 Å². The highest BCUT2D eigenvalue weighted by Gasteiger charge is 2.06. The number of rotatable bonds is 7. The Bertz CT molecular complexity index is 584. The van der Waals surface area contributed by atoms with Crippen LogP contribution in [0.3, 0.4) is 0 Å². The fraction of sp³-hybridized carbons (Fsp3) is 0.278. The lowest BCUT2D eigenvalue weighted by Gasteiger charge is -2.08. The number of hydrogen-bond donors (Lipinski definition) is 2. The smallest absolute Gasteiger partial charge is 0.255 e. The maximum absolute atomic E-state index is 12.1. The van der Waals surface area contributed by atoms with Crippen molar-refractivity contribution in [1.29, 1.82) is 0 Å². The molecule has 116 valence electrons. The monoisotopic (exact) mass is 315 g/mol. The van der Waals surface area contributed by atoms with Crippen LogP contribution in [0.25, 0.3) is 0 Å². The number of hydrogen-bond acceptors (Lipinski definition) is 3. The van der Waals surface area contributed by atoms with Gasteiger partial charge < -0.3 is 10.4 Å². The highest BCUT2D eigenvalue weighted by Crippen LogP contribution is 2.16. The van der Waals surface area contributed by atoms with Crippen molar-refractivity contribution in [2.24, 2.45) is 5.92 Å². The second kappa shape index (κ2) is 8.61. The van der Waals surface area contributed by atoms with Gasteiger partial charge in [0.2, 0.25) is 0 Å². The summed E-state index contributed by atoms with van der Waals surface area (Å²) in [7, 11) is 0. The molecule has 1 amide bonds. The van der Waals surface area contributed by atoms with Gasteiger partial charge in [0.1, 0.15) is 0 Å². The number of aliphatic hydroxyl groups is 1. The molecule has 4 heteroatoms. The zero-order valence-electron chi connectivity index (χ0n) is 12.7. The van der Waals surface area contributed by atoms with Crippen LogP contribution in [0.1, 0.15) is 22.8 Å². The summed E-state index contributed by atoms with van der Waals surface area (Å²) in [5, 5.41) is 11.9. The van der Waals surface area contributed by atoms with Gasteiger partial charge >= 0.3 is 0 Å². The Morgan fingerprint density at radius 1 is 1.14 bits per heavy atom. The molecule has 3 nitrogen and oxygen atoms in total. The second-order valence-corrected chi connectivity index (χ2v) is 6.35. The summed E-state index contributed by atoms with van der Waals surface area (Å²) in [6.45, 7) is 2.26. The third-order valence-corrected chi connectivity index (χ3v) is 4.57. The van der Waals surface area contributed by atoms with Crippen molar-refractivity contribution >= 4 is 23.4 Å². The van der Waals surface area contributed by atoms with Gasteiger partial charge in [-0.05, 0) is 41.5 Å². The predicted octanol–water partition coefficient (Wildman–Crippen LogP) is 3.80. The summed E-state index contributed by atoms with van der Waals surface area (Å²) >= 11 is 1.80. The lowest BCUT2D eigenvalue weighted by Crippen LogP contribution is -2.11. The van der Waals surface area contributed by atoms with Crippen molar-refractivity contribution in [3.8, 4) is 0 Å². The summed E-state index contributed by atoms with van der Waals surface area (Å²) in [6.07, 6.45) is 0. The number of benzene rings is 2. The molecule has 2 N–H and O–H groups in total. The van der Waals surface area contributed by atoms with E-state index < -0.39 is 0 Å². The number of thioether (sulfide) groups is 1. The van der Waals surface area contributed by atoms with E-state index in [-0.39, 0.29) is 12.5 Å². The van der Waals surface area contributed by atoms with E-state index in [9.17, 15) is 4.79 Å². The average molecular weight is 315 g/mol. The number of nitrogens with one attached hydrogen (secondary N) is 1. The number of carbonyl (C=O) groups is 1. The summed E-state index contributed by atoms with van der Waals surface area (Å²) in [5.74, 6) is 2.05. The third-order valence-electron chi connectivity index (χ3n) is 3.23. The van der Waals surface area contributed by atoms with Crippen LogP contribution in [0.15, 0.2) is 54.6 Å². The minimum Gasteiger partial charge on any atom is -0.396 e. The van der Waals surface area contributed by atoms with Crippen LogP contribution in [0.4, 0.5) is 5.69 Å². The van der Waals surface area contributed by atoms with E-state index in [2.05, 4.69) is 5.32 Å². The van der Waals surface area contributed by atoms with Gasteiger partial charge in [-0.15, -0.1) is 0 Å². The standard InChI is InChI=1S/C18H21NO2S/c1-14(11-20)12-22-13-15-7-9-16(10-8-15)18(21)19-17-5-3-2-4-6-17/h2-10,14,20H,11-13H2,1H3,(H,19,21). The molecule has 0 saturated heterocycles. The van der Waals surface area contributed by atoms with E-state index in [0.717, 1.165) is 17.2 Å². The molecule has 0 aliphatic carbocycles. The molecule has 0 saturated carbocycles. The molecule has 2 aromatic carbocycles. The van der Waals surface area contributed by atoms with E-state index >= 15 is 0 Å². The minimum absolute atomic E-state index is 0.0979. The van der Waals surface area contributed by atoms with Crippen molar-refractivity contribution in [3.63, 3.8) is 0 Å². The molecule has 2 rings (SSSR count). The highest BCUT2D eigenvalue weighted by atomic mass is 32.2. The maximum Gasteiger partial charge on any atom is 0.255 e. The van der Waals surface area contributed by atoms with Crippen LogP contribution in [0.5, 0.6) is 0 Å². The lowest BCUT2D eigenvalue weighted by molar-refractivity contribution is 0.102. The number of amides is 1. The van der Waals surface area contributed by atoms with E-state index in [0.29, 0.717) is 11.5 Å². The summed E-state index contributed by atoms with van der Waals surface area (Å²) in [4.78, 5) is 12.1. The summed E-state index contributed by atoms with van der Waals surface area (Å²) < 4.78 is 0. The quantitative estimate of drug-likeness (QED) is 0.817. The highest BCUT2D eigenvalue weighted by molar-refractivity contribution is 7.98. The molecule has 0 aliphatic rings. The molecule has 0 aliphatic heterocycles. The molecule has 0 heterocycles. The van der Waals surface area contributed by atoms with Crippen LogP contribution >= 0.6 is 11.8 Å². The summed E-state index contributed by atoms with van der Waals surface area (Å²) in [5.41, 5.74) is 2.64. The number of carbonyl (C=O) groups excluding carboxylic acids is 1. The van der Waals surface area contributed by atoms with Crippen LogP contribution in [-0.4, -0.2) is 23.4 Å². The SMILES string of the molecule is CC(CO)CSCc1ccc(C(=O)Nc2ccccc2)cc1. The Balaban J connectivity index is 1.87. The van der Waals surface area contributed by atoms with Gasteiger partial charge in [-0.3, -0.25) is 4.79 Å². The largest absolute Gasteiger partial charge is 0.396 e. The van der Waals surface area contributed by atoms with Gasteiger partial charge in [0.15, 0.2) is 0 Å². The number of aliphatic hydroxyl groups excluding tert-OH is 1. The molecule has 0 fully saturated rings. The van der Waals surface area contributed by atoms with Crippen molar-refractivity contribution < 1.29 is 9.90 Å². The third kappa shape index (κ3) is 5.20. The molecule has 2 aromatic rings. The predicted molar refractivity (Wildman–Crippen MR) is 93.2 cm³/mol. The van der Waals surface area contributed by atoms with Crippen molar-refractivity contribution in [1.82, 2.24) is 0 Å². The molecule has 0 spiro atoms. The first kappa shape index (κ1) is 16.6. The van der Waals surface area contributed by atoms with Gasteiger partial charge in [0.05, 0.1) is 0 Å². The van der Waals surface area contributed by atoms with Crippen LogP contribution < -0.4 is 5.32 Å². The summed E-state index contributed by atoms with van der Waals surface area (Å²) in [6, 6.07) is 17.1. The minimum atomic E-state index is -0.0979. The van der Waals surface area contributed by atoms with Crippen LogP contribution in [0.2, 0.25) is 0 Å². The zero-order valence-corrected chi connectivity index (χ0v) is 13.5. The Hall–Kier alpha value is -1.78. The normalized spacial score (nSPS) is 11.9. The van der Waals surface area contributed by atoms with Crippen molar-refractivity contribution in [2.75, 3.05) is 17.7 Å². The van der Waals surface area contributed by atoms with Crippen molar-refractivity contribution in [2.45, 2.75) is 12.7 Å². The first-order valence-electron chi connectivity index (χ1n) is 7.33. The molecule has 1 unspecified atom stereocenters. The first-order valence-corrected chi connectivity index (χ1v) is 8.48. The number of anilines is 1. The Labute approximate surface area is 135 Å². The van der Waals surface area contributed by atoms with Gasteiger partial charge in [0.25, 0.3) is 5.91 Å². The van der Waals surface area contributed by atoms with E-state index in [1.807, 2.05) is 61.5 Å². The Morgan fingerprint density at radius 3 is 2.45 bits per heavy atom. The van der Waals surface area contributed by atoms with E-state index in [4.69, 9.17) is 5.11 Å². The van der Waals surface area contributed by atoms with E-state index in [1.54, 1.807) is 11.8 Å². The molecule has 0 radical (unpaired) electrons. The molecule has 22 heavy (non-hydrogen) atoms. The lowest BCUT2D eigenvalue weighted by atomic mass is 10.1. The zero-order chi connectivity index (χ0) is 15.8. The average Bonchev–Trinajstić information content (AvgIpc) is 2.56. The van der Waals surface area contributed by atoms with Gasteiger partial charge in [-0.25, -0.2) is 0 Å². The van der Waals surface area contributed by atoms with Crippen LogP contribution in [-0.2, 0) is 5.75 Å². The first-order chi connectivity index (χ1) is 10.7. The second-order valence-electron chi connectivity index (χ2n) is 5.32. The molecule has 1 atom stereocenters. The molecular formula is C18H21NO2S. The van der Waals surface area contributed by atoms with Gasteiger partial charge in [-0.2, -0.15) is 11.8 Å². The van der Waals surface area contributed by atoms with Gasteiger partial charge in [0, 0.05) is 23.6 Å². The fourth-order valence-electron chi connectivity index (χ4n) is 1.91. The van der Waals surface area contributed by atoms with Crippen molar-refractivity contribution in [3.05, 3.63) is 65.7 Å². The van der Waals surface area contributed by atoms with Crippen LogP contribution in [0, 0.1) is 5.92 Å².